The highest BCUT2D eigenvalue weighted by Gasteiger charge is 2.53. The van der Waals surface area contributed by atoms with Crippen molar-refractivity contribution in [3.05, 3.63) is 11.6 Å². The summed E-state index contributed by atoms with van der Waals surface area (Å²) in [6.07, 6.45) is -0.214. The zero-order valence-corrected chi connectivity index (χ0v) is 13.0. The summed E-state index contributed by atoms with van der Waals surface area (Å²) < 4.78 is 32.5. The highest BCUT2D eigenvalue weighted by atomic mass is 16.8. The van der Waals surface area contributed by atoms with Gasteiger partial charge in [-0.15, -0.1) is 0 Å². The fourth-order valence-corrected chi connectivity index (χ4v) is 2.70. The summed E-state index contributed by atoms with van der Waals surface area (Å²) in [5, 5.41) is 0. The zero-order chi connectivity index (χ0) is 15.6. The van der Waals surface area contributed by atoms with E-state index in [1.54, 1.807) is 6.08 Å². The molecule has 0 aromatic rings. The van der Waals surface area contributed by atoms with Gasteiger partial charge in [-0.3, -0.25) is 0 Å². The molecule has 2 aliphatic rings. The van der Waals surface area contributed by atoms with Crippen LogP contribution < -0.4 is 0 Å². The Morgan fingerprint density at radius 1 is 1.24 bits per heavy atom. The number of methoxy groups -OCH3 is 3. The predicted octanol–water partition coefficient (Wildman–Crippen LogP) is 0.624. The molecule has 1 fully saturated rings. The molecule has 2 rings (SSSR count). The second-order valence-electron chi connectivity index (χ2n) is 5.37. The van der Waals surface area contributed by atoms with Gasteiger partial charge in [0.2, 0.25) is 0 Å². The van der Waals surface area contributed by atoms with Gasteiger partial charge in [0.15, 0.2) is 5.79 Å². The third-order valence-electron chi connectivity index (χ3n) is 3.49. The van der Waals surface area contributed by atoms with Gasteiger partial charge in [-0.05, 0) is 19.9 Å². The fraction of sp³-hybridized carbons (Fsp3) is 0.786. The van der Waals surface area contributed by atoms with E-state index in [1.807, 2.05) is 13.8 Å². The number of hydrogen-bond acceptors (Lipinski definition) is 7. The van der Waals surface area contributed by atoms with Crippen LogP contribution in [0.5, 0.6) is 0 Å². The van der Waals surface area contributed by atoms with Crippen LogP contribution >= 0.6 is 0 Å². The fourth-order valence-electron chi connectivity index (χ4n) is 2.70. The van der Waals surface area contributed by atoms with E-state index in [-0.39, 0.29) is 12.9 Å². The molecule has 0 spiro atoms. The van der Waals surface area contributed by atoms with Crippen LogP contribution in [-0.2, 0) is 33.2 Å². The molecule has 0 aromatic heterocycles. The molecule has 1 aliphatic carbocycles. The summed E-state index contributed by atoms with van der Waals surface area (Å²) in [5.74, 6) is -1.25. The first-order valence-corrected chi connectivity index (χ1v) is 6.72. The van der Waals surface area contributed by atoms with Gasteiger partial charge in [-0.1, -0.05) is 0 Å². The summed E-state index contributed by atoms with van der Waals surface area (Å²) in [4.78, 5) is 12.0. The molecule has 120 valence electrons. The molecule has 4 atom stereocenters. The van der Waals surface area contributed by atoms with E-state index in [4.69, 9.17) is 28.4 Å². The summed E-state index contributed by atoms with van der Waals surface area (Å²) >= 11 is 0. The number of fused-ring (bicyclic) bond motifs is 1. The van der Waals surface area contributed by atoms with Crippen LogP contribution in [-0.4, -0.2) is 64.3 Å². The number of esters is 1. The highest BCUT2D eigenvalue weighted by Crippen LogP contribution is 2.39. The maximum Gasteiger partial charge on any atom is 0.336 e. The highest BCUT2D eigenvalue weighted by molar-refractivity contribution is 5.90. The molecule has 0 radical (unpaired) electrons. The van der Waals surface area contributed by atoms with Gasteiger partial charge in [-0.25, -0.2) is 4.79 Å². The predicted molar refractivity (Wildman–Crippen MR) is 71.5 cm³/mol. The molecular weight excluding hydrogens is 280 g/mol. The van der Waals surface area contributed by atoms with Crippen LogP contribution in [0.25, 0.3) is 0 Å². The lowest BCUT2D eigenvalue weighted by Crippen LogP contribution is -2.50. The zero-order valence-electron chi connectivity index (χ0n) is 13.0. The molecule has 1 saturated heterocycles. The van der Waals surface area contributed by atoms with Crippen LogP contribution in [0, 0.1) is 0 Å². The van der Waals surface area contributed by atoms with Gasteiger partial charge >= 0.3 is 5.97 Å². The molecule has 7 heteroatoms. The third-order valence-corrected chi connectivity index (χ3v) is 3.49. The van der Waals surface area contributed by atoms with Crippen molar-refractivity contribution >= 4 is 5.97 Å². The molecule has 0 aromatic carbocycles. The summed E-state index contributed by atoms with van der Waals surface area (Å²) in [6.45, 7) is 3.70. The van der Waals surface area contributed by atoms with E-state index in [2.05, 4.69) is 0 Å². The maximum atomic E-state index is 12.0. The Morgan fingerprint density at radius 2 is 1.90 bits per heavy atom. The normalized spacial score (nSPS) is 34.2. The first-order valence-electron chi connectivity index (χ1n) is 6.72. The molecular formula is C14H22O7. The van der Waals surface area contributed by atoms with Crippen molar-refractivity contribution < 1.29 is 33.2 Å². The minimum Gasteiger partial charge on any atom is -0.466 e. The number of ether oxygens (including phenoxy) is 6. The Balaban J connectivity index is 2.32. The van der Waals surface area contributed by atoms with Crippen LogP contribution in [0.1, 0.15) is 13.8 Å². The molecule has 1 aliphatic heterocycles. The van der Waals surface area contributed by atoms with E-state index in [0.29, 0.717) is 5.57 Å². The van der Waals surface area contributed by atoms with Crippen LogP contribution in [0.15, 0.2) is 11.6 Å². The van der Waals surface area contributed by atoms with Gasteiger partial charge in [0, 0.05) is 14.2 Å². The molecule has 7 nitrogen and oxygen atoms in total. The maximum absolute atomic E-state index is 12.0. The summed E-state index contributed by atoms with van der Waals surface area (Å²) in [5.41, 5.74) is 0.364. The van der Waals surface area contributed by atoms with E-state index in [1.165, 1.54) is 21.3 Å². The third kappa shape index (κ3) is 3.27. The monoisotopic (exact) mass is 302 g/mol. The van der Waals surface area contributed by atoms with E-state index >= 15 is 0 Å². The van der Waals surface area contributed by atoms with Crippen LogP contribution in [0.4, 0.5) is 0 Å². The summed E-state index contributed by atoms with van der Waals surface area (Å²) in [7, 11) is 4.37. The van der Waals surface area contributed by atoms with Gasteiger partial charge in [-0.2, -0.15) is 0 Å². The molecule has 0 bridgehead atoms. The van der Waals surface area contributed by atoms with Crippen molar-refractivity contribution in [2.24, 2.45) is 0 Å². The van der Waals surface area contributed by atoms with E-state index in [9.17, 15) is 4.79 Å². The Labute approximate surface area is 124 Å². The largest absolute Gasteiger partial charge is 0.466 e. The van der Waals surface area contributed by atoms with Crippen molar-refractivity contribution in [3.8, 4) is 0 Å². The van der Waals surface area contributed by atoms with E-state index < -0.39 is 30.1 Å². The Bertz CT molecular complexity index is 418. The number of hydrogen-bond donors (Lipinski definition) is 0. The lowest BCUT2D eigenvalue weighted by atomic mass is 9.89. The smallest absolute Gasteiger partial charge is 0.336 e. The quantitative estimate of drug-likeness (QED) is 0.544. The second kappa shape index (κ2) is 6.41. The lowest BCUT2D eigenvalue weighted by Gasteiger charge is -2.34. The van der Waals surface area contributed by atoms with Crippen LogP contribution in [0.3, 0.4) is 0 Å². The number of rotatable bonds is 5. The number of carbonyl (C=O) groups excluding carboxylic acids is 1. The van der Waals surface area contributed by atoms with Gasteiger partial charge in [0.1, 0.15) is 31.2 Å². The Kier molecular flexibility index (Phi) is 5.00. The van der Waals surface area contributed by atoms with Gasteiger partial charge in [0.05, 0.1) is 12.7 Å². The standard InChI is InChI=1S/C14H22O7/c1-14(2)20-11-9(19-7-16-3)6-8(13(15)18-5)10(17-4)12(11)21-14/h6,9-12H,7H2,1-5H3/t9-,10+,11-,12+/m0/s1. The van der Waals surface area contributed by atoms with Crippen molar-refractivity contribution in [3.63, 3.8) is 0 Å². The molecule has 21 heavy (non-hydrogen) atoms. The molecule has 0 saturated carbocycles. The van der Waals surface area contributed by atoms with Gasteiger partial charge < -0.3 is 28.4 Å². The van der Waals surface area contributed by atoms with Crippen molar-refractivity contribution in [1.29, 1.82) is 0 Å². The SMILES string of the molecule is COCO[C@H]1C=C(C(=O)OC)[C@@H](OC)[C@H]2OC(C)(C)O[C@H]21. The van der Waals surface area contributed by atoms with Crippen molar-refractivity contribution in [2.75, 3.05) is 28.1 Å². The Hall–Kier alpha value is -0.990. The molecule has 1 heterocycles. The first kappa shape index (κ1) is 16.4. The van der Waals surface area contributed by atoms with Gasteiger partial charge in [0.25, 0.3) is 0 Å². The average Bonchev–Trinajstić information content (AvgIpc) is 2.78. The van der Waals surface area contributed by atoms with Crippen molar-refractivity contribution in [2.45, 2.75) is 44.1 Å². The van der Waals surface area contributed by atoms with E-state index in [0.717, 1.165) is 0 Å². The molecule has 0 unspecified atom stereocenters. The Morgan fingerprint density at radius 3 is 2.48 bits per heavy atom. The van der Waals surface area contributed by atoms with Crippen molar-refractivity contribution in [1.82, 2.24) is 0 Å². The minimum atomic E-state index is -0.778. The lowest BCUT2D eigenvalue weighted by molar-refractivity contribution is -0.164. The van der Waals surface area contributed by atoms with Crippen LogP contribution in [0.2, 0.25) is 0 Å². The molecule has 0 N–H and O–H groups in total. The topological polar surface area (TPSA) is 72.5 Å². The number of carbonyl (C=O) groups is 1. The first-order chi connectivity index (χ1) is 9.93. The second-order valence-corrected chi connectivity index (χ2v) is 5.37. The average molecular weight is 302 g/mol. The molecule has 0 amide bonds. The summed E-state index contributed by atoms with van der Waals surface area (Å²) in [6, 6.07) is 0. The minimum absolute atomic E-state index is 0.0836.